The molecular formula is C22H22N2O3S. The number of benzene rings is 3. The van der Waals surface area contributed by atoms with E-state index in [1.165, 1.54) is 16.5 Å². The summed E-state index contributed by atoms with van der Waals surface area (Å²) in [6.07, 6.45) is 3.14. The normalized spacial score (nSPS) is 12.9. The molecule has 0 spiro atoms. The molecular weight excluding hydrogens is 372 g/mol. The first-order chi connectivity index (χ1) is 13.3. The van der Waals surface area contributed by atoms with Gasteiger partial charge in [0.25, 0.3) is 0 Å². The van der Waals surface area contributed by atoms with E-state index in [1.807, 2.05) is 37.3 Å². The molecule has 3 aromatic carbocycles. The lowest BCUT2D eigenvalue weighted by Crippen LogP contribution is -2.37. The monoisotopic (exact) mass is 394 g/mol. The Labute approximate surface area is 165 Å². The van der Waals surface area contributed by atoms with E-state index in [-0.39, 0.29) is 12.5 Å². The Bertz CT molecular complexity index is 1180. The molecule has 0 aliphatic heterocycles. The number of rotatable bonds is 5. The lowest BCUT2D eigenvalue weighted by molar-refractivity contribution is -0.114. The Balaban J connectivity index is 1.63. The maximum atomic E-state index is 12.7. The van der Waals surface area contributed by atoms with Gasteiger partial charge in [0.2, 0.25) is 15.9 Å². The molecule has 0 bridgehead atoms. The number of amides is 1. The Hall–Kier alpha value is -2.86. The zero-order valence-corrected chi connectivity index (χ0v) is 16.7. The van der Waals surface area contributed by atoms with Crippen molar-refractivity contribution in [2.45, 2.75) is 19.8 Å². The van der Waals surface area contributed by atoms with Gasteiger partial charge in [0.15, 0.2) is 0 Å². The summed E-state index contributed by atoms with van der Waals surface area (Å²) in [5, 5.41) is 5.12. The molecule has 28 heavy (non-hydrogen) atoms. The van der Waals surface area contributed by atoms with Crippen molar-refractivity contribution in [3.05, 3.63) is 71.3 Å². The van der Waals surface area contributed by atoms with Crippen LogP contribution in [0.2, 0.25) is 0 Å². The van der Waals surface area contributed by atoms with Gasteiger partial charge >= 0.3 is 0 Å². The topological polar surface area (TPSA) is 66.5 Å². The van der Waals surface area contributed by atoms with E-state index in [4.69, 9.17) is 0 Å². The zero-order valence-electron chi connectivity index (χ0n) is 15.9. The highest BCUT2D eigenvalue weighted by atomic mass is 32.2. The van der Waals surface area contributed by atoms with Crippen LogP contribution in [0.15, 0.2) is 54.6 Å². The van der Waals surface area contributed by atoms with Gasteiger partial charge in [0.05, 0.1) is 11.9 Å². The summed E-state index contributed by atoms with van der Waals surface area (Å²) < 4.78 is 25.7. The number of hydrogen-bond donors (Lipinski definition) is 1. The van der Waals surface area contributed by atoms with Crippen LogP contribution < -0.4 is 9.62 Å². The minimum Gasteiger partial charge on any atom is -0.324 e. The number of anilines is 2. The summed E-state index contributed by atoms with van der Waals surface area (Å²) in [5.74, 6) is -0.370. The summed E-state index contributed by atoms with van der Waals surface area (Å²) in [7, 11) is -3.60. The molecule has 0 saturated carbocycles. The molecule has 4 rings (SSSR count). The van der Waals surface area contributed by atoms with Crippen LogP contribution in [0.5, 0.6) is 0 Å². The SMILES string of the molecule is Cc1cccc(N(CC(=O)Nc2ccc3c4c(cccc24)CC3)S(C)(=O)=O)c1. The molecule has 1 aliphatic carbocycles. The summed E-state index contributed by atoms with van der Waals surface area (Å²) in [6, 6.07) is 17.2. The number of nitrogens with zero attached hydrogens (tertiary/aromatic N) is 1. The van der Waals surface area contributed by atoms with Crippen LogP contribution in [0.4, 0.5) is 11.4 Å². The highest BCUT2D eigenvalue weighted by Crippen LogP contribution is 2.35. The van der Waals surface area contributed by atoms with Crippen LogP contribution in [-0.2, 0) is 27.7 Å². The second kappa shape index (κ2) is 6.95. The first-order valence-electron chi connectivity index (χ1n) is 9.20. The van der Waals surface area contributed by atoms with Gasteiger partial charge in [-0.2, -0.15) is 0 Å². The van der Waals surface area contributed by atoms with E-state index in [0.29, 0.717) is 11.4 Å². The van der Waals surface area contributed by atoms with Crippen LogP contribution in [0.1, 0.15) is 16.7 Å². The van der Waals surface area contributed by atoms with Crippen LogP contribution >= 0.6 is 0 Å². The van der Waals surface area contributed by atoms with E-state index in [9.17, 15) is 13.2 Å². The van der Waals surface area contributed by atoms with Gasteiger partial charge in [0, 0.05) is 11.1 Å². The van der Waals surface area contributed by atoms with Crippen LogP contribution in [0.25, 0.3) is 10.8 Å². The maximum Gasteiger partial charge on any atom is 0.245 e. The predicted molar refractivity (Wildman–Crippen MR) is 113 cm³/mol. The molecule has 0 saturated heterocycles. The van der Waals surface area contributed by atoms with Crippen molar-refractivity contribution >= 4 is 38.1 Å². The lowest BCUT2D eigenvalue weighted by atomic mass is 10.0. The molecule has 5 nitrogen and oxygen atoms in total. The standard InChI is InChI=1S/C22H22N2O3S/c1-15-5-3-7-18(13-15)24(28(2,26)27)14-21(25)23-20-12-11-17-10-9-16-6-4-8-19(20)22(16)17/h3-8,11-13H,9-10,14H2,1-2H3,(H,23,25). The maximum absolute atomic E-state index is 12.7. The van der Waals surface area contributed by atoms with Crippen LogP contribution in [0, 0.1) is 6.92 Å². The average Bonchev–Trinajstić information content (AvgIpc) is 3.06. The first-order valence-corrected chi connectivity index (χ1v) is 11.1. The Morgan fingerprint density at radius 1 is 1.04 bits per heavy atom. The summed E-state index contributed by atoms with van der Waals surface area (Å²) in [4.78, 5) is 12.7. The highest BCUT2D eigenvalue weighted by Gasteiger charge is 2.22. The number of sulfonamides is 1. The Kier molecular flexibility index (Phi) is 4.59. The van der Waals surface area contributed by atoms with Crippen molar-refractivity contribution < 1.29 is 13.2 Å². The number of carbonyl (C=O) groups is 1. The summed E-state index contributed by atoms with van der Waals surface area (Å²) in [5.41, 5.74) is 4.71. The third kappa shape index (κ3) is 3.47. The lowest BCUT2D eigenvalue weighted by Gasteiger charge is -2.22. The van der Waals surface area contributed by atoms with Gasteiger partial charge in [-0.05, 0) is 60.0 Å². The Morgan fingerprint density at radius 3 is 2.46 bits per heavy atom. The second-order valence-electron chi connectivity index (χ2n) is 7.27. The second-order valence-corrected chi connectivity index (χ2v) is 9.18. The molecule has 0 radical (unpaired) electrons. The molecule has 0 aromatic heterocycles. The smallest absolute Gasteiger partial charge is 0.245 e. The van der Waals surface area contributed by atoms with Crippen molar-refractivity contribution in [1.82, 2.24) is 0 Å². The minimum atomic E-state index is -3.60. The predicted octanol–water partition coefficient (Wildman–Crippen LogP) is 3.65. The largest absolute Gasteiger partial charge is 0.324 e. The zero-order chi connectivity index (χ0) is 19.9. The molecule has 0 unspecified atom stereocenters. The van der Waals surface area contributed by atoms with Crippen molar-refractivity contribution in [2.75, 3.05) is 22.4 Å². The number of nitrogens with one attached hydrogen (secondary N) is 1. The highest BCUT2D eigenvalue weighted by molar-refractivity contribution is 7.92. The van der Waals surface area contributed by atoms with Gasteiger partial charge in [-0.25, -0.2) is 8.42 Å². The molecule has 144 valence electrons. The number of carbonyl (C=O) groups excluding carboxylic acids is 1. The van der Waals surface area contributed by atoms with Crippen molar-refractivity contribution in [3.8, 4) is 0 Å². The van der Waals surface area contributed by atoms with E-state index >= 15 is 0 Å². The third-order valence-corrected chi connectivity index (χ3v) is 6.27. The summed E-state index contributed by atoms with van der Waals surface area (Å²) >= 11 is 0. The van der Waals surface area contributed by atoms with E-state index < -0.39 is 10.0 Å². The molecule has 0 heterocycles. The fraction of sp³-hybridized carbons (Fsp3) is 0.227. The van der Waals surface area contributed by atoms with Gasteiger partial charge in [0.1, 0.15) is 6.54 Å². The molecule has 1 N–H and O–H groups in total. The van der Waals surface area contributed by atoms with Gasteiger partial charge in [-0.3, -0.25) is 9.10 Å². The Morgan fingerprint density at radius 2 is 1.75 bits per heavy atom. The van der Waals surface area contributed by atoms with Gasteiger partial charge in [-0.1, -0.05) is 36.4 Å². The quantitative estimate of drug-likeness (QED) is 0.718. The van der Waals surface area contributed by atoms with Crippen molar-refractivity contribution in [1.29, 1.82) is 0 Å². The fourth-order valence-corrected chi connectivity index (χ4v) is 4.71. The fourth-order valence-electron chi connectivity index (χ4n) is 3.86. The number of aryl methyl sites for hydroxylation is 3. The van der Waals surface area contributed by atoms with Crippen molar-refractivity contribution in [2.24, 2.45) is 0 Å². The molecule has 1 aliphatic rings. The first kappa shape index (κ1) is 18.5. The van der Waals surface area contributed by atoms with Crippen molar-refractivity contribution in [3.63, 3.8) is 0 Å². The summed E-state index contributed by atoms with van der Waals surface area (Å²) in [6.45, 7) is 1.61. The molecule has 0 fully saturated rings. The van der Waals surface area contributed by atoms with Gasteiger partial charge < -0.3 is 5.32 Å². The third-order valence-electron chi connectivity index (χ3n) is 5.13. The molecule has 0 atom stereocenters. The number of hydrogen-bond acceptors (Lipinski definition) is 3. The van der Waals surface area contributed by atoms with E-state index in [1.54, 1.807) is 18.2 Å². The van der Waals surface area contributed by atoms with Gasteiger partial charge in [-0.15, -0.1) is 0 Å². The van der Waals surface area contributed by atoms with E-state index in [0.717, 1.165) is 34.4 Å². The molecule has 6 heteroatoms. The van der Waals surface area contributed by atoms with E-state index in [2.05, 4.69) is 11.4 Å². The minimum absolute atomic E-state index is 0.273. The van der Waals surface area contributed by atoms with Crippen LogP contribution in [0.3, 0.4) is 0 Å². The van der Waals surface area contributed by atoms with Crippen LogP contribution in [-0.4, -0.2) is 27.1 Å². The molecule has 1 amide bonds. The average molecular weight is 394 g/mol. The molecule has 3 aromatic rings.